The van der Waals surface area contributed by atoms with Crippen molar-refractivity contribution in [2.24, 2.45) is 0 Å². The molecule has 31 heavy (non-hydrogen) atoms. The topological polar surface area (TPSA) is 102 Å². The van der Waals surface area contributed by atoms with Crippen molar-refractivity contribution >= 4 is 29.3 Å². The van der Waals surface area contributed by atoms with E-state index in [9.17, 15) is 22.8 Å². The number of carbonyl (C=O) groups is 2. The zero-order valence-electron chi connectivity index (χ0n) is 15.8. The van der Waals surface area contributed by atoms with Gasteiger partial charge < -0.3 is 10.6 Å². The van der Waals surface area contributed by atoms with E-state index in [1.165, 1.54) is 23.4 Å². The van der Waals surface area contributed by atoms with Crippen LogP contribution in [0.2, 0.25) is 0 Å². The average Bonchev–Trinajstić information content (AvgIpc) is 3.27. The third kappa shape index (κ3) is 4.68. The minimum atomic E-state index is -4.50. The zero-order valence-corrected chi connectivity index (χ0v) is 16.6. The average molecular weight is 448 g/mol. The minimum absolute atomic E-state index is 0.0920. The molecule has 8 nitrogen and oxygen atoms in total. The standard InChI is InChI=1S/C19H15F3N6O2S/c20-19(21,22)12-3-4-14-13(6-12)27-18(30)15(31-14)7-16(29)25-8-11-2-1-5-24-17(11)28-10-23-9-26-28/h1-6,9-10,15H,7-8H2,(H,25,29)(H,27,30). The summed E-state index contributed by atoms with van der Waals surface area (Å²) in [7, 11) is 0. The molecule has 2 N–H and O–H groups in total. The Labute approximate surface area is 178 Å². The van der Waals surface area contributed by atoms with Gasteiger partial charge in [0.05, 0.1) is 16.5 Å². The molecule has 1 atom stereocenters. The van der Waals surface area contributed by atoms with E-state index in [1.807, 2.05) is 0 Å². The van der Waals surface area contributed by atoms with E-state index in [4.69, 9.17) is 0 Å². The Bertz CT molecular complexity index is 1120. The number of carbonyl (C=O) groups excluding carboxylic acids is 2. The first-order chi connectivity index (χ1) is 14.8. The Kier molecular flexibility index (Phi) is 5.63. The predicted octanol–water partition coefficient (Wildman–Crippen LogP) is 2.80. The van der Waals surface area contributed by atoms with Gasteiger partial charge >= 0.3 is 6.18 Å². The van der Waals surface area contributed by atoms with Crippen molar-refractivity contribution < 1.29 is 22.8 Å². The number of rotatable bonds is 5. The van der Waals surface area contributed by atoms with Crippen LogP contribution in [0.15, 0.2) is 54.1 Å². The molecular weight excluding hydrogens is 433 g/mol. The lowest BCUT2D eigenvalue weighted by Crippen LogP contribution is -2.35. The highest BCUT2D eigenvalue weighted by Gasteiger charge is 2.34. The maximum atomic E-state index is 12.9. The van der Waals surface area contributed by atoms with Gasteiger partial charge in [0, 0.05) is 29.6 Å². The molecule has 1 aromatic carbocycles. The summed E-state index contributed by atoms with van der Waals surface area (Å²) >= 11 is 1.06. The molecule has 0 saturated carbocycles. The molecule has 3 heterocycles. The third-order valence-corrected chi connectivity index (χ3v) is 5.75. The molecule has 0 radical (unpaired) electrons. The van der Waals surface area contributed by atoms with Crippen LogP contribution in [0.4, 0.5) is 18.9 Å². The number of benzene rings is 1. The number of nitrogens with one attached hydrogen (secondary N) is 2. The number of halogens is 3. The van der Waals surface area contributed by atoms with E-state index in [0.717, 1.165) is 23.9 Å². The quantitative estimate of drug-likeness (QED) is 0.623. The van der Waals surface area contributed by atoms with Crippen LogP contribution in [-0.2, 0) is 22.3 Å². The van der Waals surface area contributed by atoms with Gasteiger partial charge in [0.25, 0.3) is 0 Å². The number of nitrogens with zero attached hydrogens (tertiary/aromatic N) is 4. The number of aromatic nitrogens is 4. The van der Waals surface area contributed by atoms with E-state index < -0.39 is 22.9 Å². The lowest BCUT2D eigenvalue weighted by atomic mass is 10.1. The number of fused-ring (bicyclic) bond motifs is 1. The SMILES string of the molecule is O=C(CC1Sc2ccc(C(F)(F)F)cc2NC1=O)NCc1cccnc1-n1cncn1. The van der Waals surface area contributed by atoms with Crippen LogP contribution in [-0.4, -0.2) is 36.8 Å². The van der Waals surface area contributed by atoms with Crippen LogP contribution < -0.4 is 10.6 Å². The number of thioether (sulfide) groups is 1. The van der Waals surface area contributed by atoms with Crippen molar-refractivity contribution in [1.29, 1.82) is 0 Å². The van der Waals surface area contributed by atoms with Gasteiger partial charge in [-0.2, -0.15) is 18.3 Å². The molecule has 2 aromatic heterocycles. The highest BCUT2D eigenvalue weighted by Crippen LogP contribution is 2.40. The minimum Gasteiger partial charge on any atom is -0.352 e. The van der Waals surface area contributed by atoms with Crippen molar-refractivity contribution in [2.75, 3.05) is 5.32 Å². The molecule has 0 saturated heterocycles. The first-order valence-electron chi connectivity index (χ1n) is 9.05. The van der Waals surface area contributed by atoms with Crippen LogP contribution in [0.3, 0.4) is 0 Å². The number of hydrogen-bond acceptors (Lipinski definition) is 6. The van der Waals surface area contributed by atoms with Crippen molar-refractivity contribution in [1.82, 2.24) is 25.1 Å². The lowest BCUT2D eigenvalue weighted by molar-refractivity contribution is -0.137. The van der Waals surface area contributed by atoms with Crippen LogP contribution in [0.25, 0.3) is 5.82 Å². The molecule has 4 rings (SSSR count). The summed E-state index contributed by atoms with van der Waals surface area (Å²) < 4.78 is 40.1. The molecule has 0 bridgehead atoms. The summed E-state index contributed by atoms with van der Waals surface area (Å²) in [6.45, 7) is 0.159. The Hall–Kier alpha value is -3.41. The van der Waals surface area contributed by atoms with Crippen molar-refractivity contribution in [3.05, 3.63) is 60.3 Å². The summed E-state index contributed by atoms with van der Waals surface area (Å²) in [5, 5.41) is 8.47. The van der Waals surface area contributed by atoms with E-state index in [2.05, 4.69) is 25.7 Å². The second-order valence-corrected chi connectivity index (χ2v) is 7.86. The Morgan fingerprint density at radius 2 is 2.13 bits per heavy atom. The van der Waals surface area contributed by atoms with Crippen molar-refractivity contribution in [3.63, 3.8) is 0 Å². The van der Waals surface area contributed by atoms with Gasteiger partial charge in [-0.25, -0.2) is 14.6 Å². The fraction of sp³-hybridized carbons (Fsp3) is 0.211. The molecule has 2 amide bonds. The van der Waals surface area contributed by atoms with E-state index in [-0.39, 0.29) is 24.6 Å². The Morgan fingerprint density at radius 3 is 2.87 bits per heavy atom. The van der Waals surface area contributed by atoms with Gasteiger partial charge in [-0.15, -0.1) is 11.8 Å². The zero-order chi connectivity index (χ0) is 22.0. The molecule has 0 fully saturated rings. The number of anilines is 1. The summed E-state index contributed by atoms with van der Waals surface area (Å²) in [6.07, 6.45) is -0.189. The molecule has 1 unspecified atom stereocenters. The molecule has 1 aliphatic heterocycles. The van der Waals surface area contributed by atoms with E-state index in [1.54, 1.807) is 18.3 Å². The Morgan fingerprint density at radius 1 is 1.29 bits per heavy atom. The van der Waals surface area contributed by atoms with Gasteiger partial charge in [0.2, 0.25) is 11.8 Å². The number of hydrogen-bond donors (Lipinski definition) is 2. The van der Waals surface area contributed by atoms with Crippen molar-refractivity contribution in [2.45, 2.75) is 29.3 Å². The predicted molar refractivity (Wildman–Crippen MR) is 105 cm³/mol. The largest absolute Gasteiger partial charge is 0.416 e. The molecule has 0 spiro atoms. The highest BCUT2D eigenvalue weighted by molar-refractivity contribution is 8.01. The van der Waals surface area contributed by atoms with Gasteiger partial charge in [-0.1, -0.05) is 6.07 Å². The van der Waals surface area contributed by atoms with E-state index in [0.29, 0.717) is 16.3 Å². The lowest BCUT2D eigenvalue weighted by Gasteiger charge is -2.24. The second-order valence-electron chi connectivity index (χ2n) is 6.61. The molecule has 160 valence electrons. The Balaban J connectivity index is 1.40. The maximum Gasteiger partial charge on any atom is 0.416 e. The van der Waals surface area contributed by atoms with E-state index >= 15 is 0 Å². The smallest absolute Gasteiger partial charge is 0.352 e. The molecule has 12 heteroatoms. The summed E-state index contributed by atoms with van der Waals surface area (Å²) in [4.78, 5) is 33.3. The maximum absolute atomic E-state index is 12.9. The van der Waals surface area contributed by atoms with Crippen LogP contribution >= 0.6 is 11.8 Å². The highest BCUT2D eigenvalue weighted by atomic mass is 32.2. The fourth-order valence-electron chi connectivity index (χ4n) is 2.99. The third-order valence-electron chi connectivity index (χ3n) is 4.48. The summed E-state index contributed by atoms with van der Waals surface area (Å²) in [5.41, 5.74) is -0.0514. The monoisotopic (exact) mass is 448 g/mol. The summed E-state index contributed by atoms with van der Waals surface area (Å²) in [5.74, 6) is -0.382. The van der Waals surface area contributed by atoms with Crippen LogP contribution in [0.1, 0.15) is 17.5 Å². The van der Waals surface area contributed by atoms with Crippen LogP contribution in [0, 0.1) is 0 Å². The number of pyridine rings is 1. The van der Waals surface area contributed by atoms with Crippen molar-refractivity contribution in [3.8, 4) is 5.82 Å². The molecule has 3 aromatic rings. The number of amides is 2. The number of alkyl halides is 3. The molecular formula is C19H15F3N6O2S. The normalized spacial score (nSPS) is 15.8. The van der Waals surface area contributed by atoms with Gasteiger partial charge in [0.15, 0.2) is 5.82 Å². The summed E-state index contributed by atoms with van der Waals surface area (Å²) in [6, 6.07) is 6.64. The molecule has 1 aliphatic rings. The van der Waals surface area contributed by atoms with Crippen LogP contribution in [0.5, 0.6) is 0 Å². The first-order valence-corrected chi connectivity index (χ1v) is 9.93. The second kappa shape index (κ2) is 8.38. The van der Waals surface area contributed by atoms with Gasteiger partial charge in [-0.05, 0) is 24.3 Å². The first kappa shape index (κ1) is 20.8. The van der Waals surface area contributed by atoms with Gasteiger partial charge in [0.1, 0.15) is 12.7 Å². The fourth-order valence-corrected chi connectivity index (χ4v) is 4.08. The molecule has 0 aliphatic carbocycles. The van der Waals surface area contributed by atoms with Gasteiger partial charge in [-0.3, -0.25) is 9.59 Å².